The van der Waals surface area contributed by atoms with Crippen molar-refractivity contribution in [2.45, 2.75) is 12.2 Å². The predicted octanol–water partition coefficient (Wildman–Crippen LogP) is 0.681. The molecular weight excluding hydrogens is 306 g/mol. The monoisotopic (exact) mass is 325 g/mol. The number of morpholine rings is 1. The van der Waals surface area contributed by atoms with Gasteiger partial charge in [-0.2, -0.15) is 0 Å². The Labute approximate surface area is 140 Å². The normalized spacial score (nSPS) is 25.6. The van der Waals surface area contributed by atoms with Gasteiger partial charge >= 0.3 is 0 Å². The number of nitrogens with zero attached hydrogens (tertiary/aromatic N) is 5. The zero-order valence-electron chi connectivity index (χ0n) is 13.3. The van der Waals surface area contributed by atoms with E-state index in [0.717, 1.165) is 18.9 Å². The first kappa shape index (κ1) is 15.0. The summed E-state index contributed by atoms with van der Waals surface area (Å²) in [5, 5.41) is 0. The summed E-state index contributed by atoms with van der Waals surface area (Å²) in [5.41, 5.74) is 0.705. The summed E-state index contributed by atoms with van der Waals surface area (Å²) in [4.78, 5) is 30.0. The molecule has 0 saturated carbocycles. The van der Waals surface area contributed by atoms with Crippen LogP contribution in [0.5, 0.6) is 0 Å². The number of ether oxygens (including phenoxy) is 1. The third kappa shape index (κ3) is 2.82. The number of Topliss-reactive ketones (excluding diaryl/α,β-unsaturated/α-hetero) is 1. The van der Waals surface area contributed by atoms with Crippen LogP contribution >= 0.6 is 0 Å². The summed E-state index contributed by atoms with van der Waals surface area (Å²) >= 11 is 0. The molecule has 0 N–H and O–H groups in total. The molecule has 0 aliphatic carbocycles. The lowest BCUT2D eigenvalue weighted by Crippen LogP contribution is -2.51. The lowest BCUT2D eigenvalue weighted by Gasteiger charge is -2.35. The minimum absolute atomic E-state index is 0.0633. The Balaban J connectivity index is 1.46. The number of rotatable bonds is 3. The first-order chi connectivity index (χ1) is 11.8. The Morgan fingerprint density at radius 2 is 1.96 bits per heavy atom. The zero-order chi connectivity index (χ0) is 16.4. The first-order valence-corrected chi connectivity index (χ1v) is 8.12. The molecule has 2 unspecified atom stereocenters. The molecule has 24 heavy (non-hydrogen) atoms. The highest BCUT2D eigenvalue weighted by Crippen LogP contribution is 2.22. The molecule has 3 heterocycles. The van der Waals surface area contributed by atoms with Gasteiger partial charge in [0.05, 0.1) is 26.1 Å². The van der Waals surface area contributed by atoms with Crippen molar-refractivity contribution >= 4 is 24.3 Å². The molecule has 1 fully saturated rings. The van der Waals surface area contributed by atoms with Gasteiger partial charge in [-0.3, -0.25) is 9.79 Å². The van der Waals surface area contributed by atoms with Crippen LogP contribution in [-0.2, 0) is 4.74 Å². The van der Waals surface area contributed by atoms with Crippen molar-refractivity contribution in [1.82, 2.24) is 9.80 Å². The summed E-state index contributed by atoms with van der Waals surface area (Å²) in [7, 11) is 0. The Kier molecular flexibility index (Phi) is 4.08. The molecule has 3 aliphatic heterocycles. The number of fused-ring (bicyclic) bond motifs is 1. The summed E-state index contributed by atoms with van der Waals surface area (Å²) in [6, 6.07) is 9.17. The fourth-order valence-corrected chi connectivity index (χ4v) is 3.17. The van der Waals surface area contributed by atoms with Gasteiger partial charge in [0.25, 0.3) is 0 Å². The van der Waals surface area contributed by atoms with Gasteiger partial charge in [-0.05, 0) is 0 Å². The average Bonchev–Trinajstić information content (AvgIpc) is 3.06. The molecule has 0 spiro atoms. The number of amidine groups is 1. The second-order valence-electron chi connectivity index (χ2n) is 5.94. The quantitative estimate of drug-likeness (QED) is 0.767. The number of hydrogen-bond donors (Lipinski definition) is 0. The van der Waals surface area contributed by atoms with E-state index in [0.29, 0.717) is 18.8 Å². The Bertz CT molecular complexity index is 694. The molecule has 3 aliphatic rings. The minimum atomic E-state index is -0.187. The highest BCUT2D eigenvalue weighted by atomic mass is 16.5. The van der Waals surface area contributed by atoms with Crippen LogP contribution in [0.4, 0.5) is 0 Å². The number of carbonyl (C=O) groups excluding carboxylic acids is 1. The maximum atomic E-state index is 12.4. The lowest BCUT2D eigenvalue weighted by atomic mass is 10.1. The lowest BCUT2D eigenvalue weighted by molar-refractivity contribution is 0.0662. The third-order valence-corrected chi connectivity index (χ3v) is 4.43. The van der Waals surface area contributed by atoms with Crippen LogP contribution in [0.15, 0.2) is 45.3 Å². The number of benzene rings is 1. The van der Waals surface area contributed by atoms with Crippen LogP contribution in [0.3, 0.4) is 0 Å². The zero-order valence-corrected chi connectivity index (χ0v) is 13.3. The van der Waals surface area contributed by atoms with Gasteiger partial charge in [0.15, 0.2) is 11.9 Å². The number of hydrogen-bond acceptors (Lipinski definition) is 7. The van der Waals surface area contributed by atoms with Crippen LogP contribution in [0.2, 0.25) is 0 Å². The van der Waals surface area contributed by atoms with Gasteiger partial charge in [0, 0.05) is 18.7 Å². The summed E-state index contributed by atoms with van der Waals surface area (Å²) < 4.78 is 5.40. The molecule has 0 bridgehead atoms. The largest absolute Gasteiger partial charge is 0.378 e. The molecule has 4 rings (SSSR count). The second kappa shape index (κ2) is 6.52. The molecule has 7 nitrogen and oxygen atoms in total. The van der Waals surface area contributed by atoms with Gasteiger partial charge in [-0.15, -0.1) is 0 Å². The molecule has 1 saturated heterocycles. The second-order valence-corrected chi connectivity index (χ2v) is 5.94. The molecule has 1 aromatic rings. The number of carbonyl (C=O) groups is 1. The Morgan fingerprint density at radius 3 is 2.75 bits per heavy atom. The van der Waals surface area contributed by atoms with Crippen LogP contribution in [0, 0.1) is 0 Å². The first-order valence-electron chi connectivity index (χ1n) is 8.12. The number of ketones is 1. The summed E-state index contributed by atoms with van der Waals surface area (Å²) in [5.74, 6) is 0.984. The molecule has 1 aromatic carbocycles. The molecular formula is C17H19N5O2. The Hall–Kier alpha value is -2.54. The van der Waals surface area contributed by atoms with E-state index in [9.17, 15) is 4.79 Å². The third-order valence-electron chi connectivity index (χ3n) is 4.43. The standard InChI is InChI=1S/C17H19N5O2/c23-14(13-4-2-1-3-5-13)10-22-12-20-15-16(18-11-19-17(15)22)21-6-8-24-9-7-21/h1-5,11-12,15,17H,6-10H2. The molecule has 124 valence electrons. The van der Waals surface area contributed by atoms with Crippen LogP contribution in [0.25, 0.3) is 0 Å². The van der Waals surface area contributed by atoms with E-state index >= 15 is 0 Å². The smallest absolute Gasteiger partial charge is 0.182 e. The van der Waals surface area contributed by atoms with E-state index in [4.69, 9.17) is 4.74 Å². The van der Waals surface area contributed by atoms with Gasteiger partial charge in [0.2, 0.25) is 0 Å². The highest BCUT2D eigenvalue weighted by molar-refractivity contribution is 6.00. The van der Waals surface area contributed by atoms with Gasteiger partial charge < -0.3 is 14.5 Å². The fourth-order valence-electron chi connectivity index (χ4n) is 3.17. The molecule has 0 aromatic heterocycles. The minimum Gasteiger partial charge on any atom is -0.378 e. The average molecular weight is 325 g/mol. The van der Waals surface area contributed by atoms with E-state index in [1.54, 1.807) is 12.7 Å². The fraction of sp³-hybridized carbons (Fsp3) is 0.412. The van der Waals surface area contributed by atoms with Crippen molar-refractivity contribution < 1.29 is 9.53 Å². The summed E-state index contributed by atoms with van der Waals surface area (Å²) in [6.07, 6.45) is 3.13. The Morgan fingerprint density at radius 1 is 1.17 bits per heavy atom. The van der Waals surface area contributed by atoms with Crippen molar-refractivity contribution in [2.75, 3.05) is 32.8 Å². The van der Waals surface area contributed by atoms with Gasteiger partial charge in [-0.1, -0.05) is 30.3 Å². The van der Waals surface area contributed by atoms with Crippen molar-refractivity contribution in [1.29, 1.82) is 0 Å². The van der Waals surface area contributed by atoms with Crippen molar-refractivity contribution in [2.24, 2.45) is 15.0 Å². The predicted molar refractivity (Wildman–Crippen MR) is 91.9 cm³/mol. The molecule has 0 amide bonds. The van der Waals surface area contributed by atoms with E-state index in [-0.39, 0.29) is 24.5 Å². The van der Waals surface area contributed by atoms with Crippen LogP contribution in [-0.4, -0.2) is 79.2 Å². The molecule has 0 radical (unpaired) electrons. The maximum Gasteiger partial charge on any atom is 0.182 e. The van der Waals surface area contributed by atoms with Crippen LogP contribution < -0.4 is 0 Å². The number of aliphatic imine (C=N–C) groups is 3. The van der Waals surface area contributed by atoms with Crippen molar-refractivity contribution in [3.8, 4) is 0 Å². The highest BCUT2D eigenvalue weighted by Gasteiger charge is 2.38. The summed E-state index contributed by atoms with van der Waals surface area (Å²) in [6.45, 7) is 3.30. The van der Waals surface area contributed by atoms with Crippen LogP contribution in [0.1, 0.15) is 10.4 Å². The molecule has 2 atom stereocenters. The van der Waals surface area contributed by atoms with E-state index in [2.05, 4.69) is 19.9 Å². The van der Waals surface area contributed by atoms with Gasteiger partial charge in [0.1, 0.15) is 18.2 Å². The van der Waals surface area contributed by atoms with E-state index < -0.39 is 0 Å². The van der Waals surface area contributed by atoms with E-state index in [1.165, 1.54) is 0 Å². The van der Waals surface area contributed by atoms with Crippen molar-refractivity contribution in [3.63, 3.8) is 0 Å². The SMILES string of the molecule is O=C(CN1C=NC2C(N3CCOCC3)=NC=NC21)c1ccccc1. The topological polar surface area (TPSA) is 69.9 Å². The maximum absolute atomic E-state index is 12.4. The van der Waals surface area contributed by atoms with E-state index in [1.807, 2.05) is 35.2 Å². The van der Waals surface area contributed by atoms with Gasteiger partial charge in [-0.25, -0.2) is 9.98 Å². The molecule has 7 heteroatoms. The van der Waals surface area contributed by atoms with Crippen molar-refractivity contribution in [3.05, 3.63) is 35.9 Å².